The van der Waals surface area contributed by atoms with E-state index in [2.05, 4.69) is 34.4 Å². The van der Waals surface area contributed by atoms with Gasteiger partial charge in [-0.15, -0.1) is 0 Å². The molecule has 6 amide bonds. The Hall–Kier alpha value is -6.53. The number of nitrogens with two attached hydrogens (primary N) is 1. The van der Waals surface area contributed by atoms with Crippen molar-refractivity contribution in [3.63, 3.8) is 0 Å². The van der Waals surface area contributed by atoms with Crippen molar-refractivity contribution >= 4 is 58.7 Å². The number of nitrogens with one attached hydrogen (secondary N) is 3. The van der Waals surface area contributed by atoms with Gasteiger partial charge in [0.05, 0.1) is 37.6 Å². The minimum atomic E-state index is -0.843. The van der Waals surface area contributed by atoms with Gasteiger partial charge in [0.1, 0.15) is 11.9 Å². The van der Waals surface area contributed by atoms with Crippen LogP contribution in [0.3, 0.4) is 0 Å². The molecule has 1 atom stereocenters. The zero-order chi connectivity index (χ0) is 48.3. The molecule has 17 nitrogen and oxygen atoms in total. The number of fused-ring (bicyclic) bond motifs is 2. The summed E-state index contributed by atoms with van der Waals surface area (Å²) in [7, 11) is 0. The third kappa shape index (κ3) is 14.2. The lowest BCUT2D eigenvalue weighted by Crippen LogP contribution is -2.51. The first kappa shape index (κ1) is 50.9. The molecule has 0 aliphatic carbocycles. The van der Waals surface area contributed by atoms with Crippen LogP contribution in [0.5, 0.6) is 0 Å². The SMILES string of the molecule is C=C1CCC(N2C(=O)c3cccc(NCCCOCCCCCOCCOCCOCCCNC(=O)/C=C/c4ccc5c(c4)CC(=NC(=O)c4cccc(C(N)=O)c4)N5CCC)c3C2=O)C(=O)N1. The van der Waals surface area contributed by atoms with E-state index in [1.54, 1.807) is 42.5 Å². The molecule has 1 saturated heterocycles. The van der Waals surface area contributed by atoms with E-state index in [0.29, 0.717) is 132 Å². The number of hydrogen-bond acceptors (Lipinski definition) is 11. The number of carbonyl (C=O) groups excluding carboxylic acids is 6. The van der Waals surface area contributed by atoms with Gasteiger partial charge in [0.2, 0.25) is 17.7 Å². The van der Waals surface area contributed by atoms with Crippen LogP contribution in [0.4, 0.5) is 11.4 Å². The van der Waals surface area contributed by atoms with Gasteiger partial charge in [0, 0.05) is 86.8 Å². The quantitative estimate of drug-likeness (QED) is 0.0406. The number of amidine groups is 1. The summed E-state index contributed by atoms with van der Waals surface area (Å²) >= 11 is 0. The minimum Gasteiger partial charge on any atom is -0.384 e. The summed E-state index contributed by atoms with van der Waals surface area (Å²) in [6, 6.07) is 16.4. The second-order valence-corrected chi connectivity index (χ2v) is 16.6. The molecule has 0 radical (unpaired) electrons. The smallest absolute Gasteiger partial charge is 0.278 e. The van der Waals surface area contributed by atoms with E-state index in [9.17, 15) is 28.8 Å². The lowest BCUT2D eigenvalue weighted by atomic mass is 10.0. The Bertz CT molecular complexity index is 2360. The molecular formula is C51H63N7O10. The topological polar surface area (TPSA) is 220 Å². The molecule has 0 aromatic heterocycles. The van der Waals surface area contributed by atoms with Crippen LogP contribution in [0.25, 0.3) is 6.08 Å². The Morgan fingerprint density at radius 1 is 0.824 bits per heavy atom. The van der Waals surface area contributed by atoms with Crippen LogP contribution in [0.1, 0.15) is 111 Å². The fourth-order valence-electron chi connectivity index (χ4n) is 8.06. The Kier molecular flexibility index (Phi) is 19.5. The van der Waals surface area contributed by atoms with Crippen molar-refractivity contribution in [1.82, 2.24) is 15.5 Å². The largest absolute Gasteiger partial charge is 0.384 e. The molecule has 3 aromatic rings. The molecule has 6 rings (SSSR count). The Labute approximate surface area is 397 Å². The van der Waals surface area contributed by atoms with Crippen LogP contribution in [0.2, 0.25) is 0 Å². The number of primary amides is 1. The van der Waals surface area contributed by atoms with Gasteiger partial charge in [-0.05, 0) is 111 Å². The standard InChI is InChI=1S/C51H63N7O10/c1-3-23-57-42-19-16-36(32-39(42)34-44(57)56-48(61)38-12-7-11-37(33-38)47(52)60)17-20-45(59)54-22-10-27-67-29-31-68-30-28-66-25-6-4-5-24-65-26-9-21-53-41-14-8-13-40-46(41)51(64)58(50(40)63)43-18-15-35(2)55-49(43)62/h7-8,11-14,16-17,19-20,32-33,43,53H,2-6,9-10,15,18,21-31,34H2,1H3,(H2,52,60)(H,54,59)(H,55,62)/b20-17+,56-44?. The van der Waals surface area contributed by atoms with E-state index in [4.69, 9.17) is 24.7 Å². The highest BCUT2D eigenvalue weighted by atomic mass is 16.5. The molecule has 0 bridgehead atoms. The predicted molar refractivity (Wildman–Crippen MR) is 259 cm³/mol. The number of benzene rings is 3. The third-order valence-corrected chi connectivity index (χ3v) is 11.5. The zero-order valence-electron chi connectivity index (χ0n) is 38.9. The Morgan fingerprint density at radius 2 is 1.50 bits per heavy atom. The molecule has 68 heavy (non-hydrogen) atoms. The zero-order valence-corrected chi connectivity index (χ0v) is 38.9. The molecule has 3 aliphatic heterocycles. The summed E-state index contributed by atoms with van der Waals surface area (Å²) in [5, 5.41) is 8.80. The number of aliphatic imine (C=N–C) groups is 1. The number of imide groups is 1. The molecule has 0 saturated carbocycles. The molecule has 1 fully saturated rings. The fourth-order valence-corrected chi connectivity index (χ4v) is 8.06. The van der Waals surface area contributed by atoms with Gasteiger partial charge in [0.25, 0.3) is 17.7 Å². The number of ether oxygens (including phenoxy) is 4. The van der Waals surface area contributed by atoms with Crippen molar-refractivity contribution in [2.24, 2.45) is 10.7 Å². The summed E-state index contributed by atoms with van der Waals surface area (Å²) < 4.78 is 22.7. The summed E-state index contributed by atoms with van der Waals surface area (Å²) in [5.41, 5.74) is 10.5. The molecular weight excluding hydrogens is 871 g/mol. The van der Waals surface area contributed by atoms with Crippen LogP contribution >= 0.6 is 0 Å². The van der Waals surface area contributed by atoms with E-state index in [0.717, 1.165) is 53.8 Å². The monoisotopic (exact) mass is 933 g/mol. The lowest BCUT2D eigenvalue weighted by Gasteiger charge is -2.29. The van der Waals surface area contributed by atoms with Crippen molar-refractivity contribution in [2.45, 2.75) is 70.8 Å². The van der Waals surface area contributed by atoms with E-state index in [1.807, 2.05) is 23.1 Å². The minimum absolute atomic E-state index is 0.204. The summed E-state index contributed by atoms with van der Waals surface area (Å²) in [5.74, 6) is -1.91. The van der Waals surface area contributed by atoms with Crippen molar-refractivity contribution in [2.75, 3.05) is 82.7 Å². The first-order chi connectivity index (χ1) is 33.0. The summed E-state index contributed by atoms with van der Waals surface area (Å²) in [4.78, 5) is 83.5. The lowest BCUT2D eigenvalue weighted by molar-refractivity contribution is -0.125. The second kappa shape index (κ2) is 26.1. The molecule has 5 N–H and O–H groups in total. The molecule has 17 heteroatoms. The van der Waals surface area contributed by atoms with E-state index in [-0.39, 0.29) is 17.4 Å². The number of hydrogen-bond donors (Lipinski definition) is 4. The highest BCUT2D eigenvalue weighted by molar-refractivity contribution is 6.25. The van der Waals surface area contributed by atoms with Crippen LogP contribution in [0, 0.1) is 0 Å². The fraction of sp³-hybridized carbons (Fsp3) is 0.431. The number of allylic oxidation sites excluding steroid dienone is 1. The van der Waals surface area contributed by atoms with Gasteiger partial charge in [-0.1, -0.05) is 31.7 Å². The molecule has 3 aliphatic rings. The Morgan fingerprint density at radius 3 is 2.22 bits per heavy atom. The second-order valence-electron chi connectivity index (χ2n) is 16.6. The van der Waals surface area contributed by atoms with Crippen LogP contribution in [-0.4, -0.2) is 125 Å². The maximum Gasteiger partial charge on any atom is 0.278 e. The van der Waals surface area contributed by atoms with E-state index < -0.39 is 29.7 Å². The highest BCUT2D eigenvalue weighted by Crippen LogP contribution is 2.34. The first-order valence-corrected chi connectivity index (χ1v) is 23.5. The molecule has 362 valence electrons. The summed E-state index contributed by atoms with van der Waals surface area (Å²) in [6.07, 6.45) is 9.66. The van der Waals surface area contributed by atoms with Crippen molar-refractivity contribution in [3.05, 3.63) is 112 Å². The van der Waals surface area contributed by atoms with Gasteiger partial charge >= 0.3 is 0 Å². The van der Waals surface area contributed by atoms with Gasteiger partial charge in [-0.3, -0.25) is 33.7 Å². The molecule has 3 aromatic carbocycles. The normalized spacial score (nSPS) is 16.1. The summed E-state index contributed by atoms with van der Waals surface area (Å²) in [6.45, 7) is 11.8. The molecule has 0 spiro atoms. The van der Waals surface area contributed by atoms with Gasteiger partial charge in [0.15, 0.2) is 0 Å². The third-order valence-electron chi connectivity index (χ3n) is 11.5. The number of anilines is 2. The predicted octanol–water partition coefficient (Wildman–Crippen LogP) is 5.44. The van der Waals surface area contributed by atoms with Crippen molar-refractivity contribution in [3.8, 4) is 0 Å². The number of nitrogens with zero attached hydrogens (tertiary/aromatic N) is 3. The Balaban J connectivity index is 0.730. The number of rotatable bonds is 28. The maximum atomic E-state index is 13.3. The average molecular weight is 934 g/mol. The van der Waals surface area contributed by atoms with Gasteiger partial charge in [-0.2, -0.15) is 4.99 Å². The number of carbonyl (C=O) groups is 6. The first-order valence-electron chi connectivity index (χ1n) is 23.5. The van der Waals surface area contributed by atoms with Crippen LogP contribution in [0.15, 0.2) is 84.0 Å². The highest BCUT2D eigenvalue weighted by Gasteiger charge is 2.45. The van der Waals surface area contributed by atoms with Gasteiger partial charge in [-0.25, -0.2) is 0 Å². The maximum absolute atomic E-state index is 13.3. The van der Waals surface area contributed by atoms with Crippen LogP contribution in [-0.2, 0) is 35.0 Å². The van der Waals surface area contributed by atoms with Crippen molar-refractivity contribution in [1.29, 1.82) is 0 Å². The van der Waals surface area contributed by atoms with Gasteiger partial charge < -0.3 is 45.5 Å². The number of amides is 6. The number of piperidine rings is 1. The van der Waals surface area contributed by atoms with Crippen LogP contribution < -0.4 is 26.6 Å². The van der Waals surface area contributed by atoms with E-state index in [1.165, 1.54) is 12.1 Å². The number of unbranched alkanes of at least 4 members (excludes halogenated alkanes) is 2. The molecule has 3 heterocycles. The molecule has 1 unspecified atom stereocenters. The average Bonchev–Trinajstić information content (AvgIpc) is 3.80. The van der Waals surface area contributed by atoms with Crippen molar-refractivity contribution < 1.29 is 47.7 Å². The van der Waals surface area contributed by atoms with E-state index >= 15 is 0 Å².